The third kappa shape index (κ3) is 3.73. The minimum atomic E-state index is -0.374. The molecule has 0 saturated carbocycles. The predicted octanol–water partition coefficient (Wildman–Crippen LogP) is 2.33. The van der Waals surface area contributed by atoms with Crippen LogP contribution < -0.4 is 10.5 Å². The van der Waals surface area contributed by atoms with E-state index < -0.39 is 0 Å². The lowest BCUT2D eigenvalue weighted by Gasteiger charge is -2.28. The fraction of sp³-hybridized carbons (Fsp3) is 0.625. The molecule has 2 rings (SSSR count). The Balaban J connectivity index is 1.97. The van der Waals surface area contributed by atoms with Gasteiger partial charge in [0, 0.05) is 30.8 Å². The number of benzene rings is 1. The topological polar surface area (TPSA) is 47.7 Å². The molecule has 1 saturated heterocycles. The van der Waals surface area contributed by atoms with E-state index in [1.54, 1.807) is 12.1 Å². The molecule has 0 spiro atoms. The van der Waals surface area contributed by atoms with Crippen LogP contribution in [0.5, 0.6) is 5.75 Å². The van der Waals surface area contributed by atoms with Crippen molar-refractivity contribution in [2.75, 3.05) is 27.3 Å². The minimum Gasteiger partial charge on any atom is -0.496 e. The summed E-state index contributed by atoms with van der Waals surface area (Å²) in [7, 11) is 3.61. The normalized spacial score (nSPS) is 23.5. The number of halogens is 1. The zero-order valence-electron chi connectivity index (χ0n) is 13.0. The van der Waals surface area contributed by atoms with Crippen LogP contribution in [0.15, 0.2) is 18.2 Å². The van der Waals surface area contributed by atoms with Gasteiger partial charge in [0.1, 0.15) is 11.6 Å². The third-order valence-corrected chi connectivity index (χ3v) is 4.30. The maximum absolute atomic E-state index is 14.0. The van der Waals surface area contributed by atoms with E-state index in [9.17, 15) is 4.39 Å². The maximum atomic E-state index is 14.0. The SMILES string of the molecule is COc1cccc(F)c1C(N)CCN(C)C1CCOC1C. The van der Waals surface area contributed by atoms with Crippen molar-refractivity contribution >= 4 is 0 Å². The molecule has 2 N–H and O–H groups in total. The molecule has 0 bridgehead atoms. The smallest absolute Gasteiger partial charge is 0.131 e. The summed E-state index contributed by atoms with van der Waals surface area (Å²) in [6.45, 7) is 3.70. The average Bonchev–Trinajstić information content (AvgIpc) is 2.90. The molecule has 0 aromatic heterocycles. The number of hydrogen-bond acceptors (Lipinski definition) is 4. The molecule has 0 aliphatic carbocycles. The summed E-state index contributed by atoms with van der Waals surface area (Å²) in [5.74, 6) is 0.213. The quantitative estimate of drug-likeness (QED) is 0.875. The van der Waals surface area contributed by atoms with Crippen molar-refractivity contribution in [2.45, 2.75) is 38.0 Å². The molecule has 5 heteroatoms. The summed E-state index contributed by atoms with van der Waals surface area (Å²) >= 11 is 0. The number of methoxy groups -OCH3 is 1. The van der Waals surface area contributed by atoms with E-state index in [1.807, 2.05) is 0 Å². The second kappa shape index (κ2) is 7.20. The first kappa shape index (κ1) is 16.2. The van der Waals surface area contributed by atoms with Crippen LogP contribution in [-0.4, -0.2) is 44.4 Å². The Morgan fingerprint density at radius 2 is 2.29 bits per heavy atom. The fourth-order valence-electron chi connectivity index (χ4n) is 3.01. The van der Waals surface area contributed by atoms with Crippen molar-refractivity contribution in [3.05, 3.63) is 29.6 Å². The van der Waals surface area contributed by atoms with Crippen LogP contribution in [0, 0.1) is 5.82 Å². The average molecular weight is 296 g/mol. The summed E-state index contributed by atoms with van der Waals surface area (Å²) in [6.07, 6.45) is 1.96. The molecule has 1 fully saturated rings. The second-order valence-electron chi connectivity index (χ2n) is 5.66. The first-order valence-corrected chi connectivity index (χ1v) is 7.44. The van der Waals surface area contributed by atoms with Gasteiger partial charge in [-0.25, -0.2) is 4.39 Å². The molecule has 0 amide bonds. The Bertz CT molecular complexity index is 470. The highest BCUT2D eigenvalue weighted by Gasteiger charge is 2.28. The molecule has 1 aromatic carbocycles. The standard InChI is InChI=1S/C16H25FN2O2/c1-11-14(8-10-21-11)19(2)9-7-13(18)16-12(17)5-4-6-15(16)20-3/h4-6,11,13-14H,7-10,18H2,1-3H3. The highest BCUT2D eigenvalue weighted by molar-refractivity contribution is 5.37. The van der Waals surface area contributed by atoms with Gasteiger partial charge in [-0.15, -0.1) is 0 Å². The number of likely N-dealkylation sites (N-methyl/N-ethyl adjacent to an activating group) is 1. The van der Waals surface area contributed by atoms with E-state index in [0.717, 1.165) is 19.6 Å². The van der Waals surface area contributed by atoms with Crippen LogP contribution in [0.25, 0.3) is 0 Å². The van der Waals surface area contributed by atoms with E-state index in [2.05, 4.69) is 18.9 Å². The highest BCUT2D eigenvalue weighted by Crippen LogP contribution is 2.29. The molecular weight excluding hydrogens is 271 g/mol. The van der Waals surface area contributed by atoms with Crippen LogP contribution in [-0.2, 0) is 4.74 Å². The van der Waals surface area contributed by atoms with E-state index in [1.165, 1.54) is 13.2 Å². The Labute approximate surface area is 126 Å². The van der Waals surface area contributed by atoms with Gasteiger partial charge in [0.25, 0.3) is 0 Å². The van der Waals surface area contributed by atoms with Gasteiger partial charge in [-0.2, -0.15) is 0 Å². The van der Waals surface area contributed by atoms with Crippen LogP contribution in [0.3, 0.4) is 0 Å². The molecule has 1 aliphatic rings. The summed E-state index contributed by atoms with van der Waals surface area (Å²) in [6, 6.07) is 4.85. The predicted molar refractivity (Wildman–Crippen MR) is 80.9 cm³/mol. The van der Waals surface area contributed by atoms with Crippen molar-refractivity contribution in [3.8, 4) is 5.75 Å². The number of rotatable bonds is 6. The molecule has 3 atom stereocenters. The Morgan fingerprint density at radius 1 is 1.52 bits per heavy atom. The molecule has 118 valence electrons. The Morgan fingerprint density at radius 3 is 2.90 bits per heavy atom. The van der Waals surface area contributed by atoms with E-state index in [-0.39, 0.29) is 18.0 Å². The van der Waals surface area contributed by atoms with Gasteiger partial charge in [0.05, 0.1) is 13.2 Å². The van der Waals surface area contributed by atoms with Crippen molar-refractivity contribution in [1.82, 2.24) is 4.90 Å². The number of hydrogen-bond donors (Lipinski definition) is 1. The number of ether oxygens (including phenoxy) is 2. The Kier molecular flexibility index (Phi) is 5.56. The van der Waals surface area contributed by atoms with Gasteiger partial charge in [0.15, 0.2) is 0 Å². The first-order valence-electron chi connectivity index (χ1n) is 7.44. The van der Waals surface area contributed by atoms with Crippen LogP contribution in [0.1, 0.15) is 31.4 Å². The maximum Gasteiger partial charge on any atom is 0.131 e. The van der Waals surface area contributed by atoms with Crippen LogP contribution in [0.2, 0.25) is 0 Å². The lowest BCUT2D eigenvalue weighted by atomic mass is 10.0. The van der Waals surface area contributed by atoms with Gasteiger partial charge in [-0.1, -0.05) is 6.07 Å². The van der Waals surface area contributed by atoms with E-state index in [4.69, 9.17) is 15.2 Å². The van der Waals surface area contributed by atoms with Crippen molar-refractivity contribution in [1.29, 1.82) is 0 Å². The summed E-state index contributed by atoms with van der Waals surface area (Å²) in [4.78, 5) is 2.25. The molecule has 21 heavy (non-hydrogen) atoms. The van der Waals surface area contributed by atoms with Crippen molar-refractivity contribution in [2.24, 2.45) is 5.73 Å². The van der Waals surface area contributed by atoms with Gasteiger partial charge in [-0.3, -0.25) is 0 Å². The molecule has 0 radical (unpaired) electrons. The minimum absolute atomic E-state index is 0.245. The molecule has 4 nitrogen and oxygen atoms in total. The summed E-state index contributed by atoms with van der Waals surface area (Å²) in [5.41, 5.74) is 6.64. The van der Waals surface area contributed by atoms with E-state index in [0.29, 0.717) is 23.8 Å². The zero-order chi connectivity index (χ0) is 15.4. The van der Waals surface area contributed by atoms with E-state index >= 15 is 0 Å². The zero-order valence-corrected chi connectivity index (χ0v) is 13.0. The van der Waals surface area contributed by atoms with Crippen molar-refractivity contribution in [3.63, 3.8) is 0 Å². The molecule has 1 aliphatic heterocycles. The summed E-state index contributed by atoms with van der Waals surface area (Å²) in [5, 5.41) is 0. The summed E-state index contributed by atoms with van der Waals surface area (Å²) < 4.78 is 24.8. The number of nitrogens with zero attached hydrogens (tertiary/aromatic N) is 1. The van der Waals surface area contributed by atoms with Crippen LogP contribution in [0.4, 0.5) is 4.39 Å². The second-order valence-corrected chi connectivity index (χ2v) is 5.66. The highest BCUT2D eigenvalue weighted by atomic mass is 19.1. The van der Waals surface area contributed by atoms with Crippen LogP contribution >= 0.6 is 0 Å². The largest absolute Gasteiger partial charge is 0.496 e. The van der Waals surface area contributed by atoms with Gasteiger partial charge < -0.3 is 20.1 Å². The van der Waals surface area contributed by atoms with Gasteiger partial charge >= 0.3 is 0 Å². The van der Waals surface area contributed by atoms with Gasteiger partial charge in [-0.05, 0) is 38.9 Å². The lowest BCUT2D eigenvalue weighted by Crippen LogP contribution is -2.38. The number of nitrogens with two attached hydrogens (primary N) is 1. The molecule has 1 aromatic rings. The molecule has 3 unspecified atom stereocenters. The third-order valence-electron chi connectivity index (χ3n) is 4.30. The molecular formula is C16H25FN2O2. The van der Waals surface area contributed by atoms with Gasteiger partial charge in [0.2, 0.25) is 0 Å². The fourth-order valence-corrected chi connectivity index (χ4v) is 3.01. The lowest BCUT2D eigenvalue weighted by molar-refractivity contribution is 0.0827. The monoisotopic (exact) mass is 296 g/mol. The van der Waals surface area contributed by atoms with Crippen molar-refractivity contribution < 1.29 is 13.9 Å². The Hall–Kier alpha value is -1.17. The molecule has 1 heterocycles. The first-order chi connectivity index (χ1) is 10.0.